The number of methoxy groups -OCH3 is 2. The molecule has 3 aromatic rings. The SMILES string of the molecule is COc1cc2nc(-c3ccc(C)s3)[nH]c2cc1OC. The highest BCUT2D eigenvalue weighted by Gasteiger charge is 2.11. The summed E-state index contributed by atoms with van der Waals surface area (Å²) in [6, 6.07) is 7.96. The summed E-state index contributed by atoms with van der Waals surface area (Å²) in [5, 5.41) is 0. The van der Waals surface area contributed by atoms with Gasteiger partial charge in [0.25, 0.3) is 0 Å². The van der Waals surface area contributed by atoms with E-state index in [1.54, 1.807) is 25.6 Å². The van der Waals surface area contributed by atoms with E-state index in [1.807, 2.05) is 12.1 Å². The molecule has 1 N–H and O–H groups in total. The minimum Gasteiger partial charge on any atom is -0.493 e. The number of rotatable bonds is 3. The van der Waals surface area contributed by atoms with Crippen LogP contribution in [0.4, 0.5) is 0 Å². The molecule has 0 bridgehead atoms. The molecule has 98 valence electrons. The van der Waals surface area contributed by atoms with Crippen LogP contribution in [0, 0.1) is 6.92 Å². The van der Waals surface area contributed by atoms with E-state index in [-0.39, 0.29) is 0 Å². The minimum absolute atomic E-state index is 0.690. The van der Waals surface area contributed by atoms with Gasteiger partial charge in [-0.25, -0.2) is 4.98 Å². The van der Waals surface area contributed by atoms with E-state index in [0.717, 1.165) is 21.7 Å². The van der Waals surface area contributed by atoms with Crippen LogP contribution in [0.5, 0.6) is 11.5 Å². The third-order valence-corrected chi connectivity index (χ3v) is 3.97. The summed E-state index contributed by atoms with van der Waals surface area (Å²) in [5.74, 6) is 2.27. The lowest BCUT2D eigenvalue weighted by Crippen LogP contribution is -1.89. The molecule has 0 radical (unpaired) electrons. The lowest BCUT2D eigenvalue weighted by molar-refractivity contribution is 0.356. The third-order valence-electron chi connectivity index (χ3n) is 2.96. The Labute approximate surface area is 115 Å². The first-order valence-electron chi connectivity index (χ1n) is 5.90. The average Bonchev–Trinajstić information content (AvgIpc) is 3.02. The second-order valence-corrected chi connectivity index (χ2v) is 5.51. The highest BCUT2D eigenvalue weighted by Crippen LogP contribution is 2.33. The van der Waals surface area contributed by atoms with Gasteiger partial charge in [-0.3, -0.25) is 0 Å². The smallest absolute Gasteiger partial charge is 0.163 e. The van der Waals surface area contributed by atoms with Gasteiger partial charge in [0.2, 0.25) is 0 Å². The summed E-state index contributed by atoms with van der Waals surface area (Å²) in [7, 11) is 3.25. The quantitative estimate of drug-likeness (QED) is 0.793. The number of aromatic amines is 1. The van der Waals surface area contributed by atoms with Crippen molar-refractivity contribution >= 4 is 22.4 Å². The van der Waals surface area contributed by atoms with Crippen LogP contribution < -0.4 is 9.47 Å². The molecule has 0 saturated heterocycles. The van der Waals surface area contributed by atoms with Crippen molar-refractivity contribution in [1.29, 1.82) is 0 Å². The molecule has 0 spiro atoms. The van der Waals surface area contributed by atoms with Gasteiger partial charge < -0.3 is 14.5 Å². The van der Waals surface area contributed by atoms with Crippen LogP contribution in [0.2, 0.25) is 0 Å². The van der Waals surface area contributed by atoms with Crippen LogP contribution in [-0.2, 0) is 0 Å². The van der Waals surface area contributed by atoms with Crippen molar-refractivity contribution in [2.45, 2.75) is 6.92 Å². The zero-order chi connectivity index (χ0) is 13.4. The molecule has 0 aliphatic rings. The second-order valence-electron chi connectivity index (χ2n) is 4.22. The number of ether oxygens (including phenoxy) is 2. The van der Waals surface area contributed by atoms with Crippen LogP contribution in [0.3, 0.4) is 0 Å². The number of nitrogens with one attached hydrogen (secondary N) is 1. The fraction of sp³-hybridized carbons (Fsp3) is 0.214. The van der Waals surface area contributed by atoms with Gasteiger partial charge in [-0.15, -0.1) is 11.3 Å². The maximum absolute atomic E-state index is 5.29. The van der Waals surface area contributed by atoms with Crippen molar-refractivity contribution in [3.8, 4) is 22.2 Å². The summed E-state index contributed by atoms with van der Waals surface area (Å²) in [6.07, 6.45) is 0. The van der Waals surface area contributed by atoms with Gasteiger partial charge in [-0.05, 0) is 19.1 Å². The molecule has 5 heteroatoms. The number of hydrogen-bond donors (Lipinski definition) is 1. The highest BCUT2D eigenvalue weighted by molar-refractivity contribution is 7.15. The van der Waals surface area contributed by atoms with E-state index in [9.17, 15) is 0 Å². The van der Waals surface area contributed by atoms with Gasteiger partial charge in [-0.1, -0.05) is 0 Å². The zero-order valence-electron chi connectivity index (χ0n) is 11.0. The van der Waals surface area contributed by atoms with Gasteiger partial charge >= 0.3 is 0 Å². The third kappa shape index (κ3) is 2.06. The lowest BCUT2D eigenvalue weighted by atomic mass is 10.3. The molecule has 0 fully saturated rings. The predicted molar refractivity (Wildman–Crippen MR) is 77.2 cm³/mol. The number of imidazole rings is 1. The largest absolute Gasteiger partial charge is 0.493 e. The first-order chi connectivity index (χ1) is 9.21. The Kier molecular flexibility index (Phi) is 2.91. The summed E-state index contributed by atoms with van der Waals surface area (Å²) in [5.41, 5.74) is 1.82. The molecule has 2 aromatic heterocycles. The van der Waals surface area contributed by atoms with E-state index in [2.05, 4.69) is 29.0 Å². The Morgan fingerprint density at radius 3 is 2.47 bits per heavy atom. The fourth-order valence-electron chi connectivity index (χ4n) is 2.02. The highest BCUT2D eigenvalue weighted by atomic mass is 32.1. The molecule has 0 atom stereocenters. The van der Waals surface area contributed by atoms with E-state index in [0.29, 0.717) is 11.5 Å². The summed E-state index contributed by atoms with van der Waals surface area (Å²) < 4.78 is 10.6. The van der Waals surface area contributed by atoms with E-state index in [4.69, 9.17) is 9.47 Å². The number of nitrogens with zero attached hydrogens (tertiary/aromatic N) is 1. The normalized spacial score (nSPS) is 10.9. The Morgan fingerprint density at radius 2 is 1.84 bits per heavy atom. The van der Waals surface area contributed by atoms with E-state index >= 15 is 0 Å². The standard InChI is InChI=1S/C14H14N2O2S/c1-8-4-5-13(19-8)14-15-9-6-11(17-2)12(18-3)7-10(9)16-14/h4-7H,1-3H3,(H,15,16). The first kappa shape index (κ1) is 12.0. The van der Waals surface area contributed by atoms with Gasteiger partial charge in [0, 0.05) is 17.0 Å². The number of thiophene rings is 1. The summed E-state index contributed by atoms with van der Waals surface area (Å²) in [4.78, 5) is 10.3. The number of aromatic nitrogens is 2. The minimum atomic E-state index is 0.690. The van der Waals surface area contributed by atoms with Gasteiger partial charge in [0.1, 0.15) is 5.82 Å². The molecule has 1 aromatic carbocycles. The topological polar surface area (TPSA) is 47.1 Å². The molecule has 0 unspecified atom stereocenters. The fourth-order valence-corrected chi connectivity index (χ4v) is 2.83. The van der Waals surface area contributed by atoms with Crippen LogP contribution in [0.15, 0.2) is 24.3 Å². The number of benzene rings is 1. The molecule has 2 heterocycles. The molecule has 0 aliphatic carbocycles. The first-order valence-corrected chi connectivity index (χ1v) is 6.71. The molecule has 3 rings (SSSR count). The van der Waals surface area contributed by atoms with Crippen molar-refractivity contribution in [3.05, 3.63) is 29.1 Å². The van der Waals surface area contributed by atoms with Crippen LogP contribution >= 0.6 is 11.3 Å². The monoisotopic (exact) mass is 274 g/mol. The number of H-pyrrole nitrogens is 1. The van der Waals surface area contributed by atoms with Crippen LogP contribution in [-0.4, -0.2) is 24.2 Å². The molecule has 4 nitrogen and oxygen atoms in total. The Hall–Kier alpha value is -2.01. The molecule has 0 amide bonds. The second kappa shape index (κ2) is 4.59. The maximum atomic E-state index is 5.29. The molecular formula is C14H14N2O2S. The maximum Gasteiger partial charge on any atom is 0.163 e. The summed E-state index contributed by atoms with van der Waals surface area (Å²) >= 11 is 1.72. The van der Waals surface area contributed by atoms with E-state index < -0.39 is 0 Å². The molecule has 0 saturated carbocycles. The molecule has 0 aliphatic heterocycles. The number of fused-ring (bicyclic) bond motifs is 1. The van der Waals surface area contributed by atoms with Crippen molar-refractivity contribution in [3.63, 3.8) is 0 Å². The Balaban J connectivity index is 2.15. The van der Waals surface area contributed by atoms with E-state index in [1.165, 1.54) is 4.88 Å². The van der Waals surface area contributed by atoms with Gasteiger partial charge in [0.05, 0.1) is 30.1 Å². The molecular weight excluding hydrogens is 260 g/mol. The number of hydrogen-bond acceptors (Lipinski definition) is 4. The average molecular weight is 274 g/mol. The summed E-state index contributed by atoms with van der Waals surface area (Å²) in [6.45, 7) is 2.09. The van der Waals surface area contributed by atoms with Crippen molar-refractivity contribution in [1.82, 2.24) is 9.97 Å². The Morgan fingerprint density at radius 1 is 1.11 bits per heavy atom. The number of aryl methyl sites for hydroxylation is 1. The lowest BCUT2D eigenvalue weighted by Gasteiger charge is -2.06. The van der Waals surface area contributed by atoms with Crippen molar-refractivity contribution in [2.75, 3.05) is 14.2 Å². The molecule has 19 heavy (non-hydrogen) atoms. The Bertz CT molecular complexity index is 689. The van der Waals surface area contributed by atoms with Crippen LogP contribution in [0.25, 0.3) is 21.7 Å². The van der Waals surface area contributed by atoms with Gasteiger partial charge in [0.15, 0.2) is 11.5 Å². The zero-order valence-corrected chi connectivity index (χ0v) is 11.8. The van der Waals surface area contributed by atoms with Crippen molar-refractivity contribution < 1.29 is 9.47 Å². The van der Waals surface area contributed by atoms with Gasteiger partial charge in [-0.2, -0.15) is 0 Å². The van der Waals surface area contributed by atoms with Crippen LogP contribution in [0.1, 0.15) is 4.88 Å². The van der Waals surface area contributed by atoms with Crippen molar-refractivity contribution in [2.24, 2.45) is 0 Å². The predicted octanol–water partition coefficient (Wildman–Crippen LogP) is 3.62.